The Kier molecular flexibility index (Phi) is 7.16. The zero-order chi connectivity index (χ0) is 17.5. The topological polar surface area (TPSA) is 67.6 Å². The molecule has 0 spiro atoms. The molecule has 0 atom stereocenters. The standard InChI is InChI=1S/C18H25ClN4OS/c19-15-8-4-5-9-16(15)23-17(14-6-2-1-3-7-14)21-18(22-23)25-13-11-20-10-12-24/h4-5,8-9,14,20,24H,1-3,6-7,10-13H2/p+1. The van der Waals surface area contributed by atoms with Crippen LogP contribution in [-0.2, 0) is 0 Å². The van der Waals surface area contributed by atoms with Crippen LogP contribution in [0.1, 0.15) is 43.8 Å². The summed E-state index contributed by atoms with van der Waals surface area (Å²) in [6.07, 6.45) is 6.20. The number of halogens is 1. The Labute approximate surface area is 158 Å². The summed E-state index contributed by atoms with van der Waals surface area (Å²) in [4.78, 5) is 4.86. The molecule has 1 aliphatic rings. The first-order valence-corrected chi connectivity index (χ1v) is 10.4. The van der Waals surface area contributed by atoms with Crippen molar-refractivity contribution in [3.63, 3.8) is 0 Å². The van der Waals surface area contributed by atoms with Crippen molar-refractivity contribution in [3.8, 4) is 5.69 Å². The second kappa shape index (κ2) is 9.57. The zero-order valence-electron chi connectivity index (χ0n) is 14.4. The average Bonchev–Trinajstić information content (AvgIpc) is 3.07. The summed E-state index contributed by atoms with van der Waals surface area (Å²) >= 11 is 8.09. The number of nitrogens with two attached hydrogens (primary N) is 1. The number of benzene rings is 1. The molecular formula is C18H26ClN4OS+. The Morgan fingerprint density at radius 1 is 1.20 bits per heavy atom. The molecule has 1 fully saturated rings. The van der Waals surface area contributed by atoms with Crippen molar-refractivity contribution in [2.24, 2.45) is 0 Å². The predicted octanol–water partition coefficient (Wildman–Crippen LogP) is 2.62. The van der Waals surface area contributed by atoms with E-state index in [0.717, 1.165) is 35.5 Å². The maximum Gasteiger partial charge on any atom is 0.209 e. The van der Waals surface area contributed by atoms with Crippen LogP contribution in [0.25, 0.3) is 5.69 Å². The average molecular weight is 382 g/mol. The SMILES string of the molecule is OCC[NH2+]CCSc1nc(C2CCCCC2)n(-c2ccccc2Cl)n1. The minimum Gasteiger partial charge on any atom is -0.391 e. The predicted molar refractivity (Wildman–Crippen MR) is 102 cm³/mol. The molecule has 0 bridgehead atoms. The lowest BCUT2D eigenvalue weighted by Gasteiger charge is -2.21. The van der Waals surface area contributed by atoms with Gasteiger partial charge < -0.3 is 10.4 Å². The smallest absolute Gasteiger partial charge is 0.209 e. The van der Waals surface area contributed by atoms with Gasteiger partial charge in [0.05, 0.1) is 36.2 Å². The quantitative estimate of drug-likeness (QED) is 0.544. The molecule has 0 saturated heterocycles. The van der Waals surface area contributed by atoms with E-state index in [-0.39, 0.29) is 6.61 Å². The Hall–Kier alpha value is -1.08. The minimum atomic E-state index is 0.218. The minimum absolute atomic E-state index is 0.218. The molecule has 1 saturated carbocycles. The fourth-order valence-electron chi connectivity index (χ4n) is 3.26. The highest BCUT2D eigenvalue weighted by Gasteiger charge is 2.24. The Bertz CT molecular complexity index is 673. The highest BCUT2D eigenvalue weighted by atomic mass is 35.5. The van der Waals surface area contributed by atoms with Crippen LogP contribution in [0.5, 0.6) is 0 Å². The number of hydrogen-bond donors (Lipinski definition) is 2. The van der Waals surface area contributed by atoms with E-state index in [1.807, 2.05) is 28.9 Å². The van der Waals surface area contributed by atoms with E-state index in [4.69, 9.17) is 26.8 Å². The van der Waals surface area contributed by atoms with Gasteiger partial charge in [-0.05, 0) is 25.0 Å². The number of quaternary nitrogens is 1. The van der Waals surface area contributed by atoms with Crippen LogP contribution < -0.4 is 5.32 Å². The largest absolute Gasteiger partial charge is 0.391 e. The third-order valence-electron chi connectivity index (χ3n) is 4.55. The maximum atomic E-state index is 8.84. The normalized spacial score (nSPS) is 15.6. The van der Waals surface area contributed by atoms with E-state index in [0.29, 0.717) is 10.9 Å². The maximum absolute atomic E-state index is 8.84. The molecule has 25 heavy (non-hydrogen) atoms. The molecular weight excluding hydrogens is 356 g/mol. The Morgan fingerprint density at radius 2 is 2.00 bits per heavy atom. The fraction of sp³-hybridized carbons (Fsp3) is 0.556. The number of aromatic nitrogens is 3. The highest BCUT2D eigenvalue weighted by molar-refractivity contribution is 7.99. The lowest BCUT2D eigenvalue weighted by atomic mass is 9.88. The molecule has 3 N–H and O–H groups in total. The van der Waals surface area contributed by atoms with E-state index >= 15 is 0 Å². The highest BCUT2D eigenvalue weighted by Crippen LogP contribution is 2.34. The summed E-state index contributed by atoms with van der Waals surface area (Å²) in [5.74, 6) is 2.44. The summed E-state index contributed by atoms with van der Waals surface area (Å²) in [7, 11) is 0. The molecule has 2 aromatic rings. The molecule has 0 aliphatic heterocycles. The Balaban J connectivity index is 1.80. The van der Waals surface area contributed by atoms with Crippen LogP contribution in [0, 0.1) is 0 Å². The van der Waals surface area contributed by atoms with Gasteiger partial charge in [0.1, 0.15) is 5.82 Å². The zero-order valence-corrected chi connectivity index (χ0v) is 16.0. The number of para-hydroxylation sites is 1. The molecule has 0 amide bonds. The van der Waals surface area contributed by atoms with Crippen LogP contribution >= 0.6 is 23.4 Å². The molecule has 5 nitrogen and oxygen atoms in total. The van der Waals surface area contributed by atoms with E-state index in [9.17, 15) is 0 Å². The lowest BCUT2D eigenvalue weighted by Crippen LogP contribution is -2.85. The van der Waals surface area contributed by atoms with Crippen LogP contribution in [0.15, 0.2) is 29.4 Å². The first-order valence-electron chi connectivity index (χ1n) is 9.07. The summed E-state index contributed by atoms with van der Waals surface area (Å²) in [5.41, 5.74) is 0.913. The first-order chi connectivity index (χ1) is 12.3. The van der Waals surface area contributed by atoms with Gasteiger partial charge in [-0.3, -0.25) is 0 Å². The van der Waals surface area contributed by atoms with Crippen molar-refractivity contribution < 1.29 is 10.4 Å². The molecule has 1 aliphatic carbocycles. The molecule has 136 valence electrons. The van der Waals surface area contributed by atoms with E-state index in [2.05, 4.69) is 5.32 Å². The van der Waals surface area contributed by atoms with Gasteiger partial charge in [0.15, 0.2) is 0 Å². The van der Waals surface area contributed by atoms with Crippen LogP contribution in [0.2, 0.25) is 5.02 Å². The van der Waals surface area contributed by atoms with Crippen molar-refractivity contribution in [3.05, 3.63) is 35.1 Å². The summed E-state index contributed by atoms with van der Waals surface area (Å²) in [5, 5.41) is 17.2. The van der Waals surface area contributed by atoms with E-state index < -0.39 is 0 Å². The van der Waals surface area contributed by atoms with Gasteiger partial charge in [-0.1, -0.05) is 54.8 Å². The van der Waals surface area contributed by atoms with Crippen molar-refractivity contribution in [2.75, 3.05) is 25.4 Å². The van der Waals surface area contributed by atoms with Gasteiger partial charge in [-0.2, -0.15) is 0 Å². The number of thioether (sulfide) groups is 1. The monoisotopic (exact) mass is 381 g/mol. The van der Waals surface area contributed by atoms with Crippen LogP contribution in [0.4, 0.5) is 0 Å². The van der Waals surface area contributed by atoms with Gasteiger partial charge in [-0.25, -0.2) is 9.67 Å². The number of aliphatic hydroxyl groups excluding tert-OH is 1. The number of nitrogens with zero attached hydrogens (tertiary/aromatic N) is 3. The van der Waals surface area contributed by atoms with Gasteiger partial charge >= 0.3 is 0 Å². The Morgan fingerprint density at radius 3 is 2.76 bits per heavy atom. The van der Waals surface area contributed by atoms with Gasteiger partial charge in [0.25, 0.3) is 0 Å². The van der Waals surface area contributed by atoms with Crippen LogP contribution in [0.3, 0.4) is 0 Å². The van der Waals surface area contributed by atoms with E-state index in [1.165, 1.54) is 32.1 Å². The first kappa shape index (κ1) is 18.7. The van der Waals surface area contributed by atoms with Gasteiger partial charge in [0, 0.05) is 5.92 Å². The third-order valence-corrected chi connectivity index (χ3v) is 5.74. The number of hydrogen-bond acceptors (Lipinski definition) is 4. The van der Waals surface area contributed by atoms with Gasteiger partial charge in [-0.15, -0.1) is 5.10 Å². The van der Waals surface area contributed by atoms with E-state index in [1.54, 1.807) is 11.8 Å². The molecule has 1 aromatic carbocycles. The summed E-state index contributed by atoms with van der Waals surface area (Å²) in [6.45, 7) is 1.91. The van der Waals surface area contributed by atoms with Crippen molar-refractivity contribution >= 4 is 23.4 Å². The van der Waals surface area contributed by atoms with Crippen molar-refractivity contribution in [1.29, 1.82) is 0 Å². The molecule has 1 heterocycles. The molecule has 3 rings (SSSR count). The third kappa shape index (κ3) is 4.97. The second-order valence-electron chi connectivity index (χ2n) is 6.39. The van der Waals surface area contributed by atoms with Crippen molar-refractivity contribution in [2.45, 2.75) is 43.2 Å². The molecule has 0 unspecified atom stereocenters. The summed E-state index contributed by atoms with van der Waals surface area (Å²) in [6, 6.07) is 7.84. The summed E-state index contributed by atoms with van der Waals surface area (Å²) < 4.78 is 1.96. The van der Waals surface area contributed by atoms with Crippen molar-refractivity contribution in [1.82, 2.24) is 14.8 Å². The molecule has 1 aromatic heterocycles. The van der Waals surface area contributed by atoms with Crippen LogP contribution in [-0.4, -0.2) is 45.3 Å². The molecule has 7 heteroatoms. The second-order valence-corrected chi connectivity index (χ2v) is 7.86. The van der Waals surface area contributed by atoms with Gasteiger partial charge in [0.2, 0.25) is 5.16 Å². The fourth-order valence-corrected chi connectivity index (χ4v) is 4.24. The number of rotatable bonds is 8. The molecule has 0 radical (unpaired) electrons. The number of aliphatic hydroxyl groups is 1. The lowest BCUT2D eigenvalue weighted by molar-refractivity contribution is -0.651.